The maximum absolute atomic E-state index is 10.9. The van der Waals surface area contributed by atoms with Crippen LogP contribution in [0, 0.1) is 0 Å². The van der Waals surface area contributed by atoms with Crippen LogP contribution in [0.4, 0.5) is 0 Å². The van der Waals surface area contributed by atoms with Crippen molar-refractivity contribution in [1.29, 1.82) is 0 Å². The van der Waals surface area contributed by atoms with Gasteiger partial charge in [-0.3, -0.25) is 9.78 Å². The van der Waals surface area contributed by atoms with E-state index in [9.17, 15) is 4.79 Å². The van der Waals surface area contributed by atoms with Crippen LogP contribution in [0.2, 0.25) is 0 Å². The van der Waals surface area contributed by atoms with Gasteiger partial charge in [-0.25, -0.2) is 0 Å². The lowest BCUT2D eigenvalue weighted by Crippen LogP contribution is -2.06. The molecule has 0 fully saturated rings. The molecular weight excluding hydrogens is 250 g/mol. The summed E-state index contributed by atoms with van der Waals surface area (Å²) in [5, 5.41) is 11.1. The van der Waals surface area contributed by atoms with Gasteiger partial charge in [0.25, 0.3) is 0 Å². The average Bonchev–Trinajstić information content (AvgIpc) is 2.48. The first-order valence-corrected chi connectivity index (χ1v) is 7.00. The summed E-state index contributed by atoms with van der Waals surface area (Å²) < 4.78 is 0. The fourth-order valence-corrected chi connectivity index (χ4v) is 2.92. The summed E-state index contributed by atoms with van der Waals surface area (Å²) in [6.07, 6.45) is 9.81. The molecule has 1 N–H and O–H groups in total. The molecule has 1 heterocycles. The zero-order valence-corrected chi connectivity index (χ0v) is 11.2. The first kappa shape index (κ1) is 12.9. The van der Waals surface area contributed by atoms with Gasteiger partial charge in [0.05, 0.1) is 12.1 Å². The number of hydrogen-bond acceptors (Lipinski definition) is 2. The molecule has 0 saturated carbocycles. The quantitative estimate of drug-likeness (QED) is 0.863. The van der Waals surface area contributed by atoms with Gasteiger partial charge in [0.1, 0.15) is 0 Å². The largest absolute Gasteiger partial charge is 0.481 e. The normalized spacial score (nSPS) is 18.3. The van der Waals surface area contributed by atoms with E-state index < -0.39 is 5.97 Å². The van der Waals surface area contributed by atoms with Crippen LogP contribution >= 0.6 is 0 Å². The van der Waals surface area contributed by atoms with Gasteiger partial charge in [0.2, 0.25) is 0 Å². The molecule has 0 bridgehead atoms. The van der Waals surface area contributed by atoms with Crippen LogP contribution in [-0.4, -0.2) is 16.1 Å². The number of benzene rings is 1. The van der Waals surface area contributed by atoms with Crippen LogP contribution in [0.15, 0.2) is 42.6 Å². The Morgan fingerprint density at radius 1 is 1.30 bits per heavy atom. The number of aliphatic carboxylic acids is 1. The standard InChI is InChI=1S/C17H17NO2/c19-17(20)10-16-14-9-5-4-8-13(14)15(11-18-16)12-6-2-1-3-7-12/h2,4-6,8-9,11-12H,1,3,7,10H2,(H,19,20). The molecule has 1 aliphatic carbocycles. The maximum atomic E-state index is 10.9. The minimum absolute atomic E-state index is 0.0265. The van der Waals surface area contributed by atoms with E-state index in [0.717, 1.165) is 23.6 Å². The second kappa shape index (κ2) is 5.45. The molecule has 1 aromatic heterocycles. The van der Waals surface area contributed by atoms with Gasteiger partial charge in [-0.15, -0.1) is 0 Å². The van der Waals surface area contributed by atoms with E-state index in [0.29, 0.717) is 11.6 Å². The third-order valence-electron chi connectivity index (χ3n) is 3.88. The summed E-state index contributed by atoms with van der Waals surface area (Å²) in [6, 6.07) is 7.98. The van der Waals surface area contributed by atoms with Gasteiger partial charge in [0.15, 0.2) is 0 Å². The topological polar surface area (TPSA) is 50.2 Å². The monoisotopic (exact) mass is 267 g/mol. The first-order chi connectivity index (χ1) is 9.75. The smallest absolute Gasteiger partial charge is 0.309 e. The van der Waals surface area contributed by atoms with Crippen LogP contribution in [-0.2, 0) is 11.2 Å². The Morgan fingerprint density at radius 3 is 2.80 bits per heavy atom. The van der Waals surface area contributed by atoms with Crippen molar-refractivity contribution in [3.05, 3.63) is 53.9 Å². The Balaban J connectivity index is 2.13. The number of aromatic nitrogens is 1. The second-order valence-electron chi connectivity index (χ2n) is 5.24. The van der Waals surface area contributed by atoms with Crippen LogP contribution in [0.3, 0.4) is 0 Å². The van der Waals surface area contributed by atoms with Crippen molar-refractivity contribution >= 4 is 16.7 Å². The molecule has 0 radical (unpaired) electrons. The summed E-state index contributed by atoms with van der Waals surface area (Å²) in [5.74, 6) is -0.437. The van der Waals surface area contributed by atoms with E-state index in [1.165, 1.54) is 12.0 Å². The number of rotatable bonds is 3. The van der Waals surface area contributed by atoms with Gasteiger partial charge in [-0.05, 0) is 30.2 Å². The van der Waals surface area contributed by atoms with Crippen molar-refractivity contribution in [2.45, 2.75) is 31.6 Å². The molecule has 3 nitrogen and oxygen atoms in total. The van der Waals surface area contributed by atoms with E-state index in [4.69, 9.17) is 5.11 Å². The molecule has 3 heteroatoms. The number of pyridine rings is 1. The Bertz CT molecular complexity index is 676. The molecule has 0 amide bonds. The van der Waals surface area contributed by atoms with Gasteiger partial charge in [-0.1, -0.05) is 36.4 Å². The van der Waals surface area contributed by atoms with Crippen molar-refractivity contribution in [2.24, 2.45) is 0 Å². The minimum Gasteiger partial charge on any atom is -0.481 e. The van der Waals surface area contributed by atoms with E-state index in [-0.39, 0.29) is 6.42 Å². The van der Waals surface area contributed by atoms with Crippen LogP contribution < -0.4 is 0 Å². The van der Waals surface area contributed by atoms with Crippen LogP contribution in [0.1, 0.15) is 36.4 Å². The van der Waals surface area contributed by atoms with E-state index in [2.05, 4.69) is 23.2 Å². The van der Waals surface area contributed by atoms with Crippen molar-refractivity contribution in [2.75, 3.05) is 0 Å². The van der Waals surface area contributed by atoms with Crippen molar-refractivity contribution in [1.82, 2.24) is 4.98 Å². The fourth-order valence-electron chi connectivity index (χ4n) is 2.92. The number of carboxylic acids is 1. The Hall–Kier alpha value is -2.16. The molecule has 1 aromatic carbocycles. The third kappa shape index (κ3) is 2.44. The predicted molar refractivity (Wildman–Crippen MR) is 78.8 cm³/mol. The highest BCUT2D eigenvalue weighted by Gasteiger charge is 2.16. The van der Waals surface area contributed by atoms with E-state index >= 15 is 0 Å². The fraction of sp³-hybridized carbons (Fsp3) is 0.294. The SMILES string of the molecule is O=C(O)Cc1ncc(C2C=CCCC2)c2ccccc12. The lowest BCUT2D eigenvalue weighted by atomic mass is 9.87. The number of carbonyl (C=O) groups is 1. The molecule has 1 atom stereocenters. The molecule has 0 aliphatic heterocycles. The molecule has 3 rings (SSSR count). The average molecular weight is 267 g/mol. The molecule has 102 valence electrons. The number of carboxylic acid groups (broad SMARTS) is 1. The Kier molecular flexibility index (Phi) is 3.50. The van der Waals surface area contributed by atoms with Crippen LogP contribution in [0.5, 0.6) is 0 Å². The number of hydrogen-bond donors (Lipinski definition) is 1. The minimum atomic E-state index is -0.840. The summed E-state index contributed by atoms with van der Waals surface area (Å²) >= 11 is 0. The zero-order valence-electron chi connectivity index (χ0n) is 11.2. The Morgan fingerprint density at radius 2 is 2.10 bits per heavy atom. The first-order valence-electron chi connectivity index (χ1n) is 7.00. The molecular formula is C17H17NO2. The second-order valence-corrected chi connectivity index (χ2v) is 5.24. The van der Waals surface area contributed by atoms with Gasteiger partial charge in [-0.2, -0.15) is 0 Å². The lowest BCUT2D eigenvalue weighted by molar-refractivity contribution is -0.136. The lowest BCUT2D eigenvalue weighted by Gasteiger charge is -2.19. The van der Waals surface area contributed by atoms with Crippen molar-refractivity contribution in [3.8, 4) is 0 Å². The molecule has 2 aromatic rings. The number of allylic oxidation sites excluding steroid dienone is 2. The summed E-state index contributed by atoms with van der Waals surface area (Å²) in [7, 11) is 0. The van der Waals surface area contributed by atoms with Gasteiger partial charge < -0.3 is 5.11 Å². The predicted octanol–water partition coefficient (Wildman–Crippen LogP) is 3.69. The zero-order chi connectivity index (χ0) is 13.9. The van der Waals surface area contributed by atoms with Gasteiger partial charge >= 0.3 is 5.97 Å². The van der Waals surface area contributed by atoms with Crippen molar-refractivity contribution < 1.29 is 9.90 Å². The molecule has 0 spiro atoms. The van der Waals surface area contributed by atoms with E-state index in [1.807, 2.05) is 24.4 Å². The molecule has 1 unspecified atom stereocenters. The van der Waals surface area contributed by atoms with Gasteiger partial charge in [0, 0.05) is 17.5 Å². The summed E-state index contributed by atoms with van der Waals surface area (Å²) in [6.45, 7) is 0. The highest BCUT2D eigenvalue weighted by Crippen LogP contribution is 2.33. The van der Waals surface area contributed by atoms with Crippen LogP contribution in [0.25, 0.3) is 10.8 Å². The summed E-state index contributed by atoms with van der Waals surface area (Å²) in [5.41, 5.74) is 1.86. The van der Waals surface area contributed by atoms with E-state index in [1.54, 1.807) is 0 Å². The Labute approximate surface area is 118 Å². The number of fused-ring (bicyclic) bond motifs is 1. The van der Waals surface area contributed by atoms with Crippen molar-refractivity contribution in [3.63, 3.8) is 0 Å². The highest BCUT2D eigenvalue weighted by atomic mass is 16.4. The summed E-state index contributed by atoms with van der Waals surface area (Å²) in [4.78, 5) is 15.4. The maximum Gasteiger partial charge on any atom is 0.309 e. The highest BCUT2D eigenvalue weighted by molar-refractivity contribution is 5.90. The molecule has 0 saturated heterocycles. The molecule has 20 heavy (non-hydrogen) atoms. The third-order valence-corrected chi connectivity index (χ3v) is 3.88. The molecule has 1 aliphatic rings. The number of nitrogens with zero attached hydrogens (tertiary/aromatic N) is 1.